The van der Waals surface area contributed by atoms with Crippen molar-refractivity contribution >= 4 is 11.8 Å². The third-order valence-corrected chi connectivity index (χ3v) is 3.35. The number of nitrogens with one attached hydrogen (secondary N) is 1. The number of fused-ring (bicyclic) bond motifs is 3. The molecule has 0 aromatic heterocycles. The molecule has 4 nitrogen and oxygen atoms in total. The van der Waals surface area contributed by atoms with Gasteiger partial charge in [-0.15, -0.1) is 0 Å². The van der Waals surface area contributed by atoms with Crippen molar-refractivity contribution in [3.8, 4) is 0 Å². The van der Waals surface area contributed by atoms with Gasteiger partial charge in [-0.1, -0.05) is 24.3 Å². The van der Waals surface area contributed by atoms with E-state index in [1.54, 1.807) is 6.92 Å². The summed E-state index contributed by atoms with van der Waals surface area (Å²) in [7, 11) is 0. The van der Waals surface area contributed by atoms with Crippen molar-refractivity contribution in [2.75, 3.05) is 0 Å². The van der Waals surface area contributed by atoms with Gasteiger partial charge in [-0.25, -0.2) is 0 Å². The summed E-state index contributed by atoms with van der Waals surface area (Å²) in [6.07, 6.45) is 3.86. The van der Waals surface area contributed by atoms with E-state index in [1.165, 1.54) is 0 Å². The summed E-state index contributed by atoms with van der Waals surface area (Å²) in [6, 6.07) is 8.12. The Kier molecular flexibility index (Phi) is 2.11. The molecule has 0 fully saturated rings. The topological polar surface area (TPSA) is 47.9 Å². The number of hydrogen-bond donors (Lipinski definition) is 2. The number of aliphatic hydroxyl groups is 1. The van der Waals surface area contributed by atoms with Crippen molar-refractivity contribution in [2.24, 2.45) is 5.10 Å². The van der Waals surface area contributed by atoms with E-state index in [-0.39, 0.29) is 6.17 Å². The Morgan fingerprint density at radius 1 is 1.41 bits per heavy atom. The van der Waals surface area contributed by atoms with E-state index in [0.717, 1.165) is 11.1 Å². The van der Waals surface area contributed by atoms with E-state index in [9.17, 15) is 5.11 Å². The van der Waals surface area contributed by atoms with Crippen molar-refractivity contribution in [2.45, 2.75) is 25.7 Å². The fraction of sp³-hybridized carbons (Fsp3) is 0.308. The normalized spacial score (nSPS) is 30.6. The highest BCUT2D eigenvalue weighted by Gasteiger charge is 2.37. The summed E-state index contributed by atoms with van der Waals surface area (Å²) in [6.45, 7) is 3.54. The molecule has 4 heteroatoms. The van der Waals surface area contributed by atoms with Gasteiger partial charge in [0.1, 0.15) is 6.17 Å². The lowest BCUT2D eigenvalue weighted by Gasteiger charge is -2.42. The van der Waals surface area contributed by atoms with Gasteiger partial charge < -0.3 is 5.11 Å². The van der Waals surface area contributed by atoms with Gasteiger partial charge in [0.15, 0.2) is 5.72 Å². The molecule has 0 saturated carbocycles. The maximum Gasteiger partial charge on any atom is 0.155 e. The molecule has 0 spiro atoms. The molecule has 2 aliphatic heterocycles. The maximum atomic E-state index is 10.2. The molecule has 0 amide bonds. The van der Waals surface area contributed by atoms with Gasteiger partial charge in [0.25, 0.3) is 0 Å². The van der Waals surface area contributed by atoms with Crippen LogP contribution in [-0.4, -0.2) is 21.6 Å². The third kappa shape index (κ3) is 1.57. The van der Waals surface area contributed by atoms with Gasteiger partial charge in [-0.05, 0) is 31.1 Å². The van der Waals surface area contributed by atoms with Crippen molar-refractivity contribution in [1.82, 2.24) is 10.3 Å². The minimum atomic E-state index is -1.06. The van der Waals surface area contributed by atoms with Crippen LogP contribution in [0.15, 0.2) is 35.6 Å². The molecule has 2 aliphatic rings. The average molecular weight is 229 g/mol. The predicted octanol–water partition coefficient (Wildman–Crippen LogP) is 1.66. The fourth-order valence-electron chi connectivity index (χ4n) is 2.17. The number of nitrogens with zero attached hydrogens (tertiary/aromatic N) is 2. The van der Waals surface area contributed by atoms with Crippen LogP contribution < -0.4 is 5.32 Å². The van der Waals surface area contributed by atoms with Crippen LogP contribution in [0, 0.1) is 0 Å². The van der Waals surface area contributed by atoms with E-state index < -0.39 is 5.72 Å². The second-order valence-electron chi connectivity index (χ2n) is 4.63. The smallest absolute Gasteiger partial charge is 0.155 e. The number of hydrazone groups is 1. The SMILES string of the molecule is CC1=NN2C=Cc3ccccc3C2NC1(C)O. The summed E-state index contributed by atoms with van der Waals surface area (Å²) in [5.41, 5.74) is 1.90. The monoisotopic (exact) mass is 229 g/mol. The molecule has 1 aromatic rings. The molecule has 2 atom stereocenters. The molecule has 2 unspecified atom stereocenters. The molecule has 0 radical (unpaired) electrons. The average Bonchev–Trinajstić information content (AvgIpc) is 2.31. The first-order valence-electron chi connectivity index (χ1n) is 5.69. The van der Waals surface area contributed by atoms with E-state index >= 15 is 0 Å². The first-order valence-corrected chi connectivity index (χ1v) is 5.69. The Morgan fingerprint density at radius 2 is 2.18 bits per heavy atom. The second-order valence-corrected chi connectivity index (χ2v) is 4.63. The molecule has 17 heavy (non-hydrogen) atoms. The van der Waals surface area contributed by atoms with Crippen LogP contribution in [0.2, 0.25) is 0 Å². The summed E-state index contributed by atoms with van der Waals surface area (Å²) >= 11 is 0. The lowest BCUT2D eigenvalue weighted by atomic mass is 9.99. The molecular weight excluding hydrogens is 214 g/mol. The van der Waals surface area contributed by atoms with Crippen LogP contribution in [0.25, 0.3) is 6.08 Å². The lowest BCUT2D eigenvalue weighted by molar-refractivity contribution is 0.0298. The van der Waals surface area contributed by atoms with Crippen LogP contribution in [-0.2, 0) is 0 Å². The summed E-state index contributed by atoms with van der Waals surface area (Å²) in [5, 5.41) is 19.7. The van der Waals surface area contributed by atoms with E-state index in [4.69, 9.17) is 0 Å². The Balaban J connectivity index is 2.10. The Hall–Kier alpha value is -1.65. The summed E-state index contributed by atoms with van der Waals surface area (Å²) in [5.74, 6) is 0. The van der Waals surface area contributed by atoms with Gasteiger partial charge in [0, 0.05) is 6.20 Å². The zero-order chi connectivity index (χ0) is 12.0. The number of rotatable bonds is 0. The standard InChI is InChI=1S/C13H15N3O/c1-9-13(2,17)14-12-11-6-4-3-5-10(11)7-8-16(12)15-9/h3-8,12,14,17H,1-2H3. The molecule has 0 saturated heterocycles. The van der Waals surface area contributed by atoms with Crippen molar-refractivity contribution in [1.29, 1.82) is 0 Å². The first-order chi connectivity index (χ1) is 8.08. The van der Waals surface area contributed by atoms with Gasteiger partial charge in [-0.2, -0.15) is 5.10 Å². The van der Waals surface area contributed by atoms with Crippen LogP contribution in [0.4, 0.5) is 0 Å². The summed E-state index contributed by atoms with van der Waals surface area (Å²) in [4.78, 5) is 0. The highest BCUT2D eigenvalue weighted by molar-refractivity contribution is 5.90. The van der Waals surface area contributed by atoms with Gasteiger partial charge in [-0.3, -0.25) is 10.3 Å². The molecule has 2 N–H and O–H groups in total. The second kappa shape index (κ2) is 3.42. The minimum absolute atomic E-state index is 0.102. The lowest BCUT2D eigenvalue weighted by Crippen LogP contribution is -2.57. The van der Waals surface area contributed by atoms with Crippen LogP contribution in [0.5, 0.6) is 0 Å². The Labute approximate surface area is 100 Å². The third-order valence-electron chi connectivity index (χ3n) is 3.35. The zero-order valence-electron chi connectivity index (χ0n) is 9.88. The van der Waals surface area contributed by atoms with E-state index in [1.807, 2.05) is 36.3 Å². The predicted molar refractivity (Wildman–Crippen MR) is 66.9 cm³/mol. The highest BCUT2D eigenvalue weighted by atomic mass is 16.3. The highest BCUT2D eigenvalue weighted by Crippen LogP contribution is 2.32. The molecule has 1 aromatic carbocycles. The largest absolute Gasteiger partial charge is 0.370 e. The van der Waals surface area contributed by atoms with Crippen LogP contribution in [0.1, 0.15) is 31.1 Å². The van der Waals surface area contributed by atoms with Crippen LogP contribution in [0.3, 0.4) is 0 Å². The number of hydrogen-bond acceptors (Lipinski definition) is 4. The van der Waals surface area contributed by atoms with E-state index in [2.05, 4.69) is 22.6 Å². The minimum Gasteiger partial charge on any atom is -0.370 e. The molecule has 0 bridgehead atoms. The van der Waals surface area contributed by atoms with Crippen LogP contribution >= 0.6 is 0 Å². The first kappa shape index (κ1) is 10.5. The maximum absolute atomic E-state index is 10.2. The zero-order valence-corrected chi connectivity index (χ0v) is 9.88. The van der Waals surface area contributed by atoms with Crippen molar-refractivity contribution in [3.05, 3.63) is 41.6 Å². The Bertz CT molecular complexity index is 519. The van der Waals surface area contributed by atoms with Gasteiger partial charge in [0.2, 0.25) is 0 Å². The molecular formula is C13H15N3O. The van der Waals surface area contributed by atoms with Gasteiger partial charge in [0.05, 0.1) is 5.71 Å². The van der Waals surface area contributed by atoms with Crippen molar-refractivity contribution in [3.63, 3.8) is 0 Å². The quantitative estimate of drug-likeness (QED) is 0.711. The molecule has 2 heterocycles. The Morgan fingerprint density at radius 3 is 3.00 bits per heavy atom. The number of benzene rings is 1. The van der Waals surface area contributed by atoms with Crippen molar-refractivity contribution < 1.29 is 5.11 Å². The molecule has 88 valence electrons. The molecule has 3 rings (SSSR count). The fourth-order valence-corrected chi connectivity index (χ4v) is 2.17. The molecule has 0 aliphatic carbocycles. The van der Waals surface area contributed by atoms with Gasteiger partial charge >= 0.3 is 0 Å². The summed E-state index contributed by atoms with van der Waals surface area (Å²) < 4.78 is 0. The van der Waals surface area contributed by atoms with E-state index in [0.29, 0.717) is 5.71 Å².